The number of rotatable bonds is 10. The Bertz CT molecular complexity index is 523. The van der Waals surface area contributed by atoms with Crippen LogP contribution in [0, 0.1) is 0 Å². The fourth-order valence-corrected chi connectivity index (χ4v) is 1.37. The summed E-state index contributed by atoms with van der Waals surface area (Å²) in [6.45, 7) is 0. The predicted molar refractivity (Wildman–Crippen MR) is 70.4 cm³/mol. The van der Waals surface area contributed by atoms with Gasteiger partial charge >= 0.3 is 16.5 Å². The van der Waals surface area contributed by atoms with Gasteiger partial charge in [-0.15, -0.1) is 0 Å². The minimum atomic E-state index is -2.97. The van der Waals surface area contributed by atoms with Crippen molar-refractivity contribution in [2.75, 3.05) is 0 Å². The van der Waals surface area contributed by atoms with E-state index in [1.165, 1.54) is 0 Å². The molecule has 0 saturated heterocycles. The second kappa shape index (κ2) is 15.1. The Labute approximate surface area is 171 Å². The van der Waals surface area contributed by atoms with E-state index in [1.807, 2.05) is 0 Å². The van der Waals surface area contributed by atoms with Crippen LogP contribution in [0.5, 0.6) is 0 Å². The number of carboxylic acids is 6. The largest absolute Gasteiger partial charge is 2.00 e. The summed E-state index contributed by atoms with van der Waals surface area (Å²) < 4.78 is 0. The SMILES string of the molecule is O=C([O-])CC(O)(CC(=O)[O-])C(=O)[O-].O=C([O-])CC(O)(CC(=O)[O-])C(=O)[O-].[NH4+].[NH4+].[Ni+2]. The summed E-state index contributed by atoms with van der Waals surface area (Å²) in [4.78, 5) is 60.0. The molecule has 0 aliphatic carbocycles. The van der Waals surface area contributed by atoms with Gasteiger partial charge < -0.3 is 81.9 Å². The van der Waals surface area contributed by atoms with E-state index < -0.39 is 72.7 Å². The first kappa shape index (κ1) is 37.0. The third kappa shape index (κ3) is 15.9. The van der Waals surface area contributed by atoms with Gasteiger partial charge in [0, 0.05) is 49.6 Å². The average molecular weight is 473 g/mol. The molecule has 0 heterocycles. The fourth-order valence-electron chi connectivity index (χ4n) is 1.37. The van der Waals surface area contributed by atoms with Gasteiger partial charge in [0.1, 0.15) is 11.2 Å². The van der Waals surface area contributed by atoms with Gasteiger partial charge in [-0.3, -0.25) is 0 Å². The number of aliphatic carboxylic acids is 6. The second-order valence-corrected chi connectivity index (χ2v) is 4.83. The van der Waals surface area contributed by atoms with Gasteiger partial charge in [-0.05, 0) is 0 Å². The second-order valence-electron chi connectivity index (χ2n) is 4.83. The molecular weight excluding hydrogens is 455 g/mol. The molecule has 0 radical (unpaired) electrons. The normalized spacial score (nSPS) is 9.72. The molecule has 0 atom stereocenters. The van der Waals surface area contributed by atoms with Crippen molar-refractivity contribution in [2.45, 2.75) is 36.9 Å². The van der Waals surface area contributed by atoms with Gasteiger partial charge in [0.2, 0.25) is 0 Å². The first-order valence-electron chi connectivity index (χ1n) is 6.23. The summed E-state index contributed by atoms with van der Waals surface area (Å²) in [7, 11) is 0. The smallest absolute Gasteiger partial charge is 0.550 e. The van der Waals surface area contributed by atoms with Crippen LogP contribution in [0.3, 0.4) is 0 Å². The van der Waals surface area contributed by atoms with Crippen molar-refractivity contribution in [2.24, 2.45) is 0 Å². The van der Waals surface area contributed by atoms with Crippen molar-refractivity contribution >= 4 is 35.8 Å². The van der Waals surface area contributed by atoms with E-state index in [0.717, 1.165) is 0 Å². The van der Waals surface area contributed by atoms with E-state index in [9.17, 15) is 59.4 Å². The van der Waals surface area contributed by atoms with E-state index in [4.69, 9.17) is 10.2 Å². The number of carbonyl (C=O) groups is 6. The number of quaternary nitrogens is 2. The molecule has 17 heteroatoms. The zero-order chi connectivity index (χ0) is 21.3. The molecule has 172 valence electrons. The van der Waals surface area contributed by atoms with E-state index in [2.05, 4.69) is 0 Å². The summed E-state index contributed by atoms with van der Waals surface area (Å²) in [5, 5.41) is 77.9. The maximum Gasteiger partial charge on any atom is 2.00 e. The summed E-state index contributed by atoms with van der Waals surface area (Å²) in [6, 6.07) is 0. The Morgan fingerprint density at radius 3 is 0.724 bits per heavy atom. The maximum atomic E-state index is 10.1. The molecule has 0 spiro atoms. The molecule has 0 aliphatic rings. The molecule has 0 aromatic carbocycles. The molecule has 0 amide bonds. The minimum Gasteiger partial charge on any atom is -0.550 e. The number of hydrogen-bond donors (Lipinski definition) is 4. The molecule has 29 heavy (non-hydrogen) atoms. The van der Waals surface area contributed by atoms with Gasteiger partial charge in [0.05, 0.1) is 11.9 Å². The van der Waals surface area contributed by atoms with Crippen molar-refractivity contribution in [3.63, 3.8) is 0 Å². The fraction of sp³-hybridized carbons (Fsp3) is 0.500. The maximum absolute atomic E-state index is 10.1. The molecule has 0 saturated carbocycles. The van der Waals surface area contributed by atoms with E-state index >= 15 is 0 Å². The Hall–Kier alpha value is -2.85. The molecule has 16 nitrogen and oxygen atoms in total. The van der Waals surface area contributed by atoms with Crippen LogP contribution < -0.4 is 42.9 Å². The van der Waals surface area contributed by atoms with Crippen molar-refractivity contribution in [3.05, 3.63) is 0 Å². The Morgan fingerprint density at radius 1 is 0.517 bits per heavy atom. The number of carboxylic acid groups (broad SMARTS) is 6. The van der Waals surface area contributed by atoms with Crippen molar-refractivity contribution in [1.29, 1.82) is 0 Å². The van der Waals surface area contributed by atoms with Crippen LogP contribution >= 0.6 is 0 Å². The molecule has 0 fully saturated rings. The monoisotopic (exact) mass is 472 g/mol. The third-order valence-corrected chi connectivity index (χ3v) is 2.51. The molecule has 0 aromatic heterocycles. The summed E-state index contributed by atoms with van der Waals surface area (Å²) in [5.41, 5.74) is -5.95. The van der Waals surface area contributed by atoms with Crippen LogP contribution in [0.15, 0.2) is 0 Å². The van der Waals surface area contributed by atoms with Crippen LogP contribution in [0.1, 0.15) is 25.7 Å². The van der Waals surface area contributed by atoms with Crippen LogP contribution in [0.4, 0.5) is 0 Å². The van der Waals surface area contributed by atoms with Crippen molar-refractivity contribution < 1.29 is 86.1 Å². The number of carbonyl (C=O) groups excluding carboxylic acids is 6. The van der Waals surface area contributed by atoms with Crippen molar-refractivity contribution in [3.8, 4) is 0 Å². The van der Waals surface area contributed by atoms with Gasteiger partial charge in [-0.25, -0.2) is 0 Å². The number of aliphatic hydroxyl groups is 2. The quantitative estimate of drug-likeness (QED) is 0.214. The van der Waals surface area contributed by atoms with Crippen LogP contribution in [-0.2, 0) is 45.3 Å². The molecule has 0 aliphatic heterocycles. The first-order chi connectivity index (χ1) is 11.6. The Kier molecular flexibility index (Phi) is 19.3. The first-order valence-corrected chi connectivity index (χ1v) is 6.23. The number of hydrogen-bond acceptors (Lipinski definition) is 14. The Balaban J connectivity index is -0.000000120. The summed E-state index contributed by atoms with van der Waals surface area (Å²) >= 11 is 0. The van der Waals surface area contributed by atoms with E-state index in [0.29, 0.717) is 0 Å². The van der Waals surface area contributed by atoms with Crippen LogP contribution in [0.25, 0.3) is 0 Å². The predicted octanol–water partition coefficient (Wildman–Crippen LogP) is -9.76. The van der Waals surface area contributed by atoms with E-state index in [-0.39, 0.29) is 28.8 Å². The average Bonchev–Trinajstić information content (AvgIpc) is 2.34. The molecule has 0 unspecified atom stereocenters. The molecular formula is C12H18N2NiO14-2. The minimum absolute atomic E-state index is 0. The van der Waals surface area contributed by atoms with E-state index in [1.54, 1.807) is 0 Å². The topological polar surface area (TPSA) is 354 Å². The van der Waals surface area contributed by atoms with Crippen molar-refractivity contribution in [1.82, 2.24) is 12.3 Å². The van der Waals surface area contributed by atoms with Gasteiger partial charge in [0.25, 0.3) is 0 Å². The summed E-state index contributed by atoms with van der Waals surface area (Å²) in [5.74, 6) is -12.0. The zero-order valence-electron chi connectivity index (χ0n) is 14.9. The summed E-state index contributed by atoms with van der Waals surface area (Å²) in [6.07, 6.45) is -5.43. The molecule has 10 N–H and O–H groups in total. The van der Waals surface area contributed by atoms with Crippen LogP contribution in [-0.4, -0.2) is 57.2 Å². The molecule has 0 rings (SSSR count). The standard InChI is InChI=1S/2C6H8O7.2H3N.Ni/c2*7-3(8)1-6(13,5(11)12)2-4(9)10;;;/h2*13H,1-2H2,(H,7,8)(H,9,10)(H,11,12);2*1H3;/q;;;;+2/p-4. The Morgan fingerprint density at radius 2 is 0.655 bits per heavy atom. The zero-order valence-corrected chi connectivity index (χ0v) is 15.9. The third-order valence-electron chi connectivity index (χ3n) is 2.51. The van der Waals surface area contributed by atoms with Gasteiger partial charge in [-0.2, -0.15) is 0 Å². The molecule has 0 bridgehead atoms. The van der Waals surface area contributed by atoms with Gasteiger partial charge in [0.15, 0.2) is 0 Å². The molecule has 0 aromatic rings. The van der Waals surface area contributed by atoms with Crippen LogP contribution in [0.2, 0.25) is 0 Å². The van der Waals surface area contributed by atoms with Gasteiger partial charge in [-0.1, -0.05) is 0 Å².